The SMILES string of the molecule is Cc1cc(C(=O)N2CCCC(C(=O)NCCN)C2)c(C)n1Cc1ccccn1.Cl.Cl. The Morgan fingerprint density at radius 3 is 2.70 bits per heavy atom. The Bertz CT molecular complexity index is 841. The van der Waals surface area contributed by atoms with Crippen molar-refractivity contribution in [3.05, 3.63) is 53.1 Å². The number of hydrogen-bond donors (Lipinski definition) is 2. The second-order valence-corrected chi connectivity index (χ2v) is 7.36. The Balaban J connectivity index is 0.00000225. The van der Waals surface area contributed by atoms with Crippen LogP contribution in [0.3, 0.4) is 0 Å². The Morgan fingerprint density at radius 1 is 1.27 bits per heavy atom. The van der Waals surface area contributed by atoms with Crippen molar-refractivity contribution in [2.45, 2.75) is 33.2 Å². The Labute approximate surface area is 190 Å². The van der Waals surface area contributed by atoms with Gasteiger partial charge in [0.05, 0.1) is 23.7 Å². The Hall–Kier alpha value is -2.09. The molecule has 0 aromatic carbocycles. The second-order valence-electron chi connectivity index (χ2n) is 7.36. The van der Waals surface area contributed by atoms with Gasteiger partial charge in [-0.05, 0) is 44.9 Å². The summed E-state index contributed by atoms with van der Waals surface area (Å²) in [6, 6.07) is 7.78. The number of aryl methyl sites for hydroxylation is 1. The normalized spacial score (nSPS) is 15.7. The Morgan fingerprint density at radius 2 is 2.03 bits per heavy atom. The number of rotatable bonds is 6. The number of carbonyl (C=O) groups is 2. The van der Waals surface area contributed by atoms with Gasteiger partial charge in [0, 0.05) is 43.8 Å². The summed E-state index contributed by atoms with van der Waals surface area (Å²) in [4.78, 5) is 31.6. The summed E-state index contributed by atoms with van der Waals surface area (Å²) in [5, 5.41) is 2.84. The molecule has 0 saturated carbocycles. The molecule has 3 rings (SSSR count). The fourth-order valence-corrected chi connectivity index (χ4v) is 3.80. The molecule has 2 aromatic heterocycles. The fraction of sp³-hybridized carbons (Fsp3) is 0.476. The number of pyridine rings is 1. The van der Waals surface area contributed by atoms with Gasteiger partial charge in [-0.25, -0.2) is 0 Å². The van der Waals surface area contributed by atoms with Gasteiger partial charge in [-0.15, -0.1) is 24.8 Å². The molecule has 2 aromatic rings. The average molecular weight is 456 g/mol. The predicted molar refractivity (Wildman–Crippen MR) is 122 cm³/mol. The van der Waals surface area contributed by atoms with E-state index in [1.807, 2.05) is 43.0 Å². The molecule has 0 aliphatic carbocycles. The van der Waals surface area contributed by atoms with Crippen LogP contribution >= 0.6 is 24.8 Å². The maximum Gasteiger partial charge on any atom is 0.255 e. The van der Waals surface area contributed by atoms with Crippen LogP contribution < -0.4 is 11.1 Å². The molecule has 0 radical (unpaired) electrons. The van der Waals surface area contributed by atoms with Crippen LogP contribution in [0.15, 0.2) is 30.5 Å². The maximum atomic E-state index is 13.2. The van der Waals surface area contributed by atoms with Gasteiger partial charge in [-0.1, -0.05) is 6.07 Å². The molecule has 2 amide bonds. The first-order valence-electron chi connectivity index (χ1n) is 9.85. The summed E-state index contributed by atoms with van der Waals surface area (Å²) in [7, 11) is 0. The highest BCUT2D eigenvalue weighted by Crippen LogP contribution is 2.23. The van der Waals surface area contributed by atoms with Crippen molar-refractivity contribution in [1.29, 1.82) is 0 Å². The minimum atomic E-state index is -0.166. The summed E-state index contributed by atoms with van der Waals surface area (Å²) in [5.74, 6) is -0.179. The van der Waals surface area contributed by atoms with Crippen LogP contribution in [0, 0.1) is 19.8 Å². The third-order valence-electron chi connectivity index (χ3n) is 5.37. The van der Waals surface area contributed by atoms with E-state index in [0.717, 1.165) is 29.9 Å². The zero-order valence-corrected chi connectivity index (χ0v) is 19.1. The van der Waals surface area contributed by atoms with Gasteiger partial charge < -0.3 is 20.5 Å². The topological polar surface area (TPSA) is 93.3 Å². The molecule has 1 aliphatic rings. The lowest BCUT2D eigenvalue weighted by molar-refractivity contribution is -0.126. The van der Waals surface area contributed by atoms with Gasteiger partial charge >= 0.3 is 0 Å². The number of likely N-dealkylation sites (tertiary alicyclic amines) is 1. The van der Waals surface area contributed by atoms with Crippen LogP contribution in [-0.4, -0.2) is 52.4 Å². The number of hydrogen-bond acceptors (Lipinski definition) is 4. The van der Waals surface area contributed by atoms with E-state index in [0.29, 0.717) is 38.3 Å². The van der Waals surface area contributed by atoms with Crippen molar-refractivity contribution in [1.82, 2.24) is 19.8 Å². The van der Waals surface area contributed by atoms with Gasteiger partial charge in [-0.3, -0.25) is 14.6 Å². The number of piperidine rings is 1. The number of halogens is 2. The van der Waals surface area contributed by atoms with Crippen LogP contribution in [0.1, 0.15) is 40.3 Å². The molecule has 1 aliphatic heterocycles. The van der Waals surface area contributed by atoms with Gasteiger partial charge in [0.1, 0.15) is 0 Å². The van der Waals surface area contributed by atoms with Crippen molar-refractivity contribution < 1.29 is 9.59 Å². The highest BCUT2D eigenvalue weighted by molar-refractivity contribution is 5.96. The lowest BCUT2D eigenvalue weighted by atomic mass is 9.96. The zero-order valence-electron chi connectivity index (χ0n) is 17.5. The van der Waals surface area contributed by atoms with E-state index in [2.05, 4.69) is 14.9 Å². The van der Waals surface area contributed by atoms with Gasteiger partial charge in [0.25, 0.3) is 5.91 Å². The summed E-state index contributed by atoms with van der Waals surface area (Å²) >= 11 is 0. The minimum Gasteiger partial charge on any atom is -0.355 e. The van der Waals surface area contributed by atoms with Crippen LogP contribution in [0.4, 0.5) is 0 Å². The highest BCUT2D eigenvalue weighted by atomic mass is 35.5. The van der Waals surface area contributed by atoms with Crippen LogP contribution in [0.2, 0.25) is 0 Å². The number of amides is 2. The lowest BCUT2D eigenvalue weighted by Crippen LogP contribution is -2.46. The molecule has 9 heteroatoms. The van der Waals surface area contributed by atoms with Crippen molar-refractivity contribution in [3.63, 3.8) is 0 Å². The number of nitrogens with one attached hydrogen (secondary N) is 1. The maximum absolute atomic E-state index is 13.2. The minimum absolute atomic E-state index is 0. The molecule has 1 fully saturated rings. The fourth-order valence-electron chi connectivity index (χ4n) is 3.80. The molecule has 30 heavy (non-hydrogen) atoms. The monoisotopic (exact) mass is 455 g/mol. The first-order chi connectivity index (χ1) is 13.5. The summed E-state index contributed by atoms with van der Waals surface area (Å²) < 4.78 is 2.12. The largest absolute Gasteiger partial charge is 0.355 e. The van der Waals surface area contributed by atoms with Gasteiger partial charge in [-0.2, -0.15) is 0 Å². The average Bonchev–Trinajstić information content (AvgIpc) is 3.00. The predicted octanol–water partition coefficient (Wildman–Crippen LogP) is 2.32. The van der Waals surface area contributed by atoms with Crippen molar-refractivity contribution in [2.24, 2.45) is 11.7 Å². The van der Waals surface area contributed by atoms with E-state index in [1.165, 1.54) is 0 Å². The molecule has 1 atom stereocenters. The number of nitrogens with two attached hydrogens (primary N) is 1. The zero-order chi connectivity index (χ0) is 20.1. The van der Waals surface area contributed by atoms with E-state index >= 15 is 0 Å². The quantitative estimate of drug-likeness (QED) is 0.698. The molecule has 3 N–H and O–H groups in total. The summed E-state index contributed by atoms with van der Waals surface area (Å²) in [5.41, 5.74) is 9.08. The first-order valence-corrected chi connectivity index (χ1v) is 9.85. The van der Waals surface area contributed by atoms with Crippen molar-refractivity contribution >= 4 is 36.6 Å². The smallest absolute Gasteiger partial charge is 0.255 e. The third kappa shape index (κ3) is 5.97. The van der Waals surface area contributed by atoms with Crippen LogP contribution in [-0.2, 0) is 11.3 Å². The van der Waals surface area contributed by atoms with Crippen molar-refractivity contribution in [2.75, 3.05) is 26.2 Å². The molecule has 0 bridgehead atoms. The van der Waals surface area contributed by atoms with Crippen LogP contribution in [0.25, 0.3) is 0 Å². The molecule has 7 nitrogen and oxygen atoms in total. The standard InChI is InChI=1S/C21H29N5O2.2ClH/c1-15-12-19(16(2)26(15)14-18-7-3-4-9-23-18)21(28)25-11-5-6-17(13-25)20(27)24-10-8-22;;/h3-4,7,9,12,17H,5-6,8,10-11,13-14,22H2,1-2H3,(H,24,27);2*1H. The first kappa shape index (κ1) is 25.9. The van der Waals surface area contributed by atoms with E-state index < -0.39 is 0 Å². The number of carbonyl (C=O) groups excluding carboxylic acids is 2. The second kappa shape index (κ2) is 11.9. The van der Waals surface area contributed by atoms with Crippen molar-refractivity contribution in [3.8, 4) is 0 Å². The molecule has 166 valence electrons. The van der Waals surface area contributed by atoms with E-state index in [9.17, 15) is 9.59 Å². The molecular weight excluding hydrogens is 425 g/mol. The highest BCUT2D eigenvalue weighted by Gasteiger charge is 2.30. The molecule has 3 heterocycles. The Kier molecular flexibility index (Phi) is 10.3. The van der Waals surface area contributed by atoms with E-state index in [1.54, 1.807) is 6.20 Å². The summed E-state index contributed by atoms with van der Waals surface area (Å²) in [6.07, 6.45) is 3.41. The molecule has 0 spiro atoms. The van der Waals surface area contributed by atoms with Gasteiger partial charge in [0.15, 0.2) is 0 Å². The molecular formula is C21H31Cl2N5O2. The lowest BCUT2D eigenvalue weighted by Gasteiger charge is -2.32. The molecule has 1 unspecified atom stereocenters. The number of nitrogens with zero attached hydrogens (tertiary/aromatic N) is 3. The van der Waals surface area contributed by atoms with Gasteiger partial charge in [0.2, 0.25) is 5.91 Å². The molecule has 1 saturated heterocycles. The van der Waals surface area contributed by atoms with E-state index in [-0.39, 0.29) is 42.5 Å². The van der Waals surface area contributed by atoms with Crippen LogP contribution in [0.5, 0.6) is 0 Å². The number of aromatic nitrogens is 2. The third-order valence-corrected chi connectivity index (χ3v) is 5.37. The van der Waals surface area contributed by atoms with E-state index in [4.69, 9.17) is 5.73 Å². The summed E-state index contributed by atoms with van der Waals surface area (Å²) in [6.45, 7) is 6.64.